The standard InChI is InChI=1S/C21H21N3O6S/c1-12-9-14(25)16(10-24(12)2)30-11-17(26)22-21-23-18(20(27)29-4)19(31-21)13-7-5-6-8-15(13)28-3/h5-10H,11H2,1-4H3,(H,22,23,26). The van der Waals surface area contributed by atoms with Crippen LogP contribution in [-0.2, 0) is 16.6 Å². The zero-order chi connectivity index (χ0) is 22.5. The van der Waals surface area contributed by atoms with Gasteiger partial charge >= 0.3 is 5.97 Å². The molecule has 162 valence electrons. The molecule has 0 spiro atoms. The van der Waals surface area contributed by atoms with Crippen LogP contribution in [0.4, 0.5) is 5.13 Å². The van der Waals surface area contributed by atoms with E-state index in [0.717, 1.165) is 17.0 Å². The van der Waals surface area contributed by atoms with E-state index in [0.29, 0.717) is 16.2 Å². The quantitative estimate of drug-likeness (QED) is 0.559. The maximum absolute atomic E-state index is 12.3. The van der Waals surface area contributed by atoms with E-state index in [1.165, 1.54) is 26.5 Å². The number of nitrogens with one attached hydrogen (secondary N) is 1. The molecule has 0 saturated carbocycles. The zero-order valence-corrected chi connectivity index (χ0v) is 18.2. The number of carbonyl (C=O) groups excluding carboxylic acids is 2. The molecule has 3 rings (SSSR count). The van der Waals surface area contributed by atoms with Gasteiger partial charge in [-0.15, -0.1) is 0 Å². The Balaban J connectivity index is 1.81. The van der Waals surface area contributed by atoms with Crippen LogP contribution in [0.25, 0.3) is 10.4 Å². The lowest BCUT2D eigenvalue weighted by Crippen LogP contribution is -2.22. The summed E-state index contributed by atoms with van der Waals surface area (Å²) < 4.78 is 17.3. The van der Waals surface area contributed by atoms with Gasteiger partial charge in [-0.05, 0) is 19.1 Å². The molecule has 0 aliphatic heterocycles. The third-order valence-corrected chi connectivity index (χ3v) is 5.42. The summed E-state index contributed by atoms with van der Waals surface area (Å²) in [6, 6.07) is 8.56. The van der Waals surface area contributed by atoms with Crippen LogP contribution in [0.15, 0.2) is 41.3 Å². The van der Waals surface area contributed by atoms with Crippen molar-refractivity contribution < 1.29 is 23.8 Å². The van der Waals surface area contributed by atoms with Crippen LogP contribution in [0, 0.1) is 6.92 Å². The van der Waals surface area contributed by atoms with Crippen LogP contribution in [0.3, 0.4) is 0 Å². The molecule has 1 aromatic carbocycles. The van der Waals surface area contributed by atoms with Crippen molar-refractivity contribution in [1.29, 1.82) is 0 Å². The molecule has 0 aliphatic carbocycles. The Bertz CT molecular complexity index is 1180. The Morgan fingerprint density at radius 2 is 1.94 bits per heavy atom. The lowest BCUT2D eigenvalue weighted by Gasteiger charge is -2.08. The summed E-state index contributed by atoms with van der Waals surface area (Å²) in [4.78, 5) is 41.3. The molecular weight excluding hydrogens is 422 g/mol. The van der Waals surface area contributed by atoms with Crippen LogP contribution < -0.4 is 20.2 Å². The van der Waals surface area contributed by atoms with Crippen molar-refractivity contribution in [2.75, 3.05) is 26.1 Å². The molecule has 0 unspecified atom stereocenters. The number of carbonyl (C=O) groups is 2. The normalized spacial score (nSPS) is 10.5. The van der Waals surface area contributed by atoms with E-state index in [1.807, 2.05) is 0 Å². The SMILES string of the molecule is COC(=O)c1nc(NC(=O)COc2cn(C)c(C)cc2=O)sc1-c1ccccc1OC. The zero-order valence-electron chi connectivity index (χ0n) is 17.4. The van der Waals surface area contributed by atoms with Gasteiger partial charge in [0.05, 0.1) is 19.1 Å². The van der Waals surface area contributed by atoms with E-state index in [4.69, 9.17) is 14.2 Å². The predicted octanol–water partition coefficient (Wildman–Crippen LogP) is 2.63. The summed E-state index contributed by atoms with van der Waals surface area (Å²) >= 11 is 1.10. The molecule has 2 aromatic heterocycles. The summed E-state index contributed by atoms with van der Waals surface area (Å²) in [5.41, 5.74) is 1.15. The number of hydrogen-bond acceptors (Lipinski definition) is 8. The van der Waals surface area contributed by atoms with Crippen LogP contribution in [0.5, 0.6) is 11.5 Å². The number of ether oxygens (including phenoxy) is 3. The first-order valence-corrected chi connectivity index (χ1v) is 9.98. The molecule has 0 fully saturated rings. The highest BCUT2D eigenvalue weighted by atomic mass is 32.1. The van der Waals surface area contributed by atoms with Crippen molar-refractivity contribution in [2.24, 2.45) is 7.05 Å². The largest absolute Gasteiger partial charge is 0.496 e. The number of thiazole rings is 1. The highest BCUT2D eigenvalue weighted by molar-refractivity contribution is 7.19. The summed E-state index contributed by atoms with van der Waals surface area (Å²) in [7, 11) is 4.54. The number of esters is 1. The van der Waals surface area contributed by atoms with Crippen molar-refractivity contribution in [3.8, 4) is 21.9 Å². The molecular formula is C21H21N3O6S. The minimum absolute atomic E-state index is 0.0561. The number of amides is 1. The van der Waals surface area contributed by atoms with Gasteiger partial charge in [-0.1, -0.05) is 23.5 Å². The second-order valence-corrected chi connectivity index (χ2v) is 7.48. The van der Waals surface area contributed by atoms with Gasteiger partial charge in [-0.2, -0.15) is 0 Å². The maximum atomic E-state index is 12.3. The molecule has 0 atom stereocenters. The summed E-state index contributed by atoms with van der Waals surface area (Å²) in [5, 5.41) is 2.78. The van der Waals surface area contributed by atoms with Gasteiger partial charge in [0.2, 0.25) is 5.43 Å². The second-order valence-electron chi connectivity index (χ2n) is 6.48. The first-order chi connectivity index (χ1) is 14.8. The average Bonchev–Trinajstić information content (AvgIpc) is 3.18. The third kappa shape index (κ3) is 4.92. The fourth-order valence-electron chi connectivity index (χ4n) is 2.73. The van der Waals surface area contributed by atoms with Crippen molar-refractivity contribution in [3.63, 3.8) is 0 Å². The van der Waals surface area contributed by atoms with Gasteiger partial charge in [0, 0.05) is 30.6 Å². The fraction of sp³-hybridized carbons (Fsp3) is 0.238. The monoisotopic (exact) mass is 443 g/mol. The van der Waals surface area contributed by atoms with Crippen LogP contribution in [0.1, 0.15) is 16.2 Å². The Hall–Kier alpha value is -3.66. The average molecular weight is 443 g/mol. The number of anilines is 1. The Morgan fingerprint density at radius 1 is 1.19 bits per heavy atom. The minimum atomic E-state index is -0.642. The number of aromatic nitrogens is 2. The fourth-order valence-corrected chi connectivity index (χ4v) is 3.73. The van der Waals surface area contributed by atoms with Gasteiger partial charge in [0.1, 0.15) is 5.75 Å². The smallest absolute Gasteiger partial charge is 0.358 e. The van der Waals surface area contributed by atoms with Crippen molar-refractivity contribution in [1.82, 2.24) is 9.55 Å². The number of benzene rings is 1. The second kappa shape index (κ2) is 9.43. The van der Waals surface area contributed by atoms with E-state index in [9.17, 15) is 14.4 Å². The number of nitrogens with zero attached hydrogens (tertiary/aromatic N) is 2. The van der Waals surface area contributed by atoms with Gasteiger partial charge in [0.15, 0.2) is 23.2 Å². The first-order valence-electron chi connectivity index (χ1n) is 9.16. The highest BCUT2D eigenvalue weighted by Crippen LogP contribution is 2.38. The first kappa shape index (κ1) is 22.0. The number of para-hydroxylation sites is 1. The van der Waals surface area contributed by atoms with Crippen molar-refractivity contribution in [3.05, 3.63) is 58.1 Å². The maximum Gasteiger partial charge on any atom is 0.358 e. The van der Waals surface area contributed by atoms with Gasteiger partial charge in [0.25, 0.3) is 5.91 Å². The lowest BCUT2D eigenvalue weighted by atomic mass is 10.1. The molecule has 10 heteroatoms. The Labute approximate surface area is 182 Å². The molecule has 31 heavy (non-hydrogen) atoms. The van der Waals surface area contributed by atoms with E-state index in [1.54, 1.807) is 42.8 Å². The number of aryl methyl sites for hydroxylation is 2. The van der Waals surface area contributed by atoms with Crippen LogP contribution >= 0.6 is 11.3 Å². The number of pyridine rings is 1. The highest BCUT2D eigenvalue weighted by Gasteiger charge is 2.23. The molecule has 0 aliphatic rings. The lowest BCUT2D eigenvalue weighted by molar-refractivity contribution is -0.118. The summed E-state index contributed by atoms with van der Waals surface area (Å²) in [5.74, 6) is -0.559. The topological polar surface area (TPSA) is 109 Å². The molecule has 0 saturated heterocycles. The Kier molecular flexibility index (Phi) is 6.71. The molecule has 2 heterocycles. The van der Waals surface area contributed by atoms with E-state index >= 15 is 0 Å². The van der Waals surface area contributed by atoms with Gasteiger partial charge in [-0.25, -0.2) is 9.78 Å². The van der Waals surface area contributed by atoms with Gasteiger partial charge in [-0.3, -0.25) is 14.9 Å². The van der Waals surface area contributed by atoms with E-state index in [2.05, 4.69) is 10.3 Å². The predicted molar refractivity (Wildman–Crippen MR) is 116 cm³/mol. The summed E-state index contributed by atoms with van der Waals surface area (Å²) in [6.45, 7) is 1.40. The molecule has 0 bridgehead atoms. The Morgan fingerprint density at radius 3 is 2.65 bits per heavy atom. The molecule has 1 N–H and O–H groups in total. The molecule has 3 aromatic rings. The van der Waals surface area contributed by atoms with E-state index < -0.39 is 18.5 Å². The van der Waals surface area contributed by atoms with E-state index in [-0.39, 0.29) is 22.0 Å². The number of methoxy groups -OCH3 is 2. The number of hydrogen-bond donors (Lipinski definition) is 1. The van der Waals surface area contributed by atoms with Crippen molar-refractivity contribution >= 4 is 28.3 Å². The molecule has 1 amide bonds. The van der Waals surface area contributed by atoms with Crippen LogP contribution in [0.2, 0.25) is 0 Å². The summed E-state index contributed by atoms with van der Waals surface area (Å²) in [6.07, 6.45) is 1.52. The molecule has 0 radical (unpaired) electrons. The molecule has 9 nitrogen and oxygen atoms in total. The van der Waals surface area contributed by atoms with Crippen molar-refractivity contribution in [2.45, 2.75) is 6.92 Å². The third-order valence-electron chi connectivity index (χ3n) is 4.41. The van der Waals surface area contributed by atoms with Crippen LogP contribution in [-0.4, -0.2) is 42.3 Å². The van der Waals surface area contributed by atoms with Gasteiger partial charge < -0.3 is 18.8 Å². The number of rotatable bonds is 7. The minimum Gasteiger partial charge on any atom is -0.496 e.